The highest BCUT2D eigenvalue weighted by Gasteiger charge is 2.29. The summed E-state index contributed by atoms with van der Waals surface area (Å²) in [4.78, 5) is 2.41. The van der Waals surface area contributed by atoms with Crippen LogP contribution in [0.2, 0.25) is 0 Å². The Hall–Kier alpha value is -0.120. The minimum absolute atomic E-state index is 0.0202. The van der Waals surface area contributed by atoms with Crippen LogP contribution in [0.25, 0.3) is 0 Å². The molecular formula is C13H28N2O. The largest absolute Gasteiger partial charge is 0.393 e. The fraction of sp³-hybridized carbons (Fsp3) is 1.00. The first kappa shape index (κ1) is 13.9. The molecule has 3 heteroatoms. The maximum Gasteiger partial charge on any atom is 0.0546 e. The normalized spacial score (nSPS) is 25.9. The molecule has 1 fully saturated rings. The van der Waals surface area contributed by atoms with Crippen LogP contribution < -0.4 is 5.32 Å². The minimum Gasteiger partial charge on any atom is -0.393 e. The first-order valence-corrected chi connectivity index (χ1v) is 6.50. The SMILES string of the molecule is CCNCC(C)(C)CN(C)CC1CC(O)C1. The van der Waals surface area contributed by atoms with E-state index in [1.807, 2.05) is 0 Å². The van der Waals surface area contributed by atoms with Crippen LogP contribution in [-0.2, 0) is 0 Å². The number of aliphatic hydroxyl groups is 1. The lowest BCUT2D eigenvalue weighted by Crippen LogP contribution is -2.43. The third-order valence-corrected chi connectivity index (χ3v) is 3.33. The Labute approximate surface area is 100 Å². The van der Waals surface area contributed by atoms with E-state index in [1.54, 1.807) is 0 Å². The Morgan fingerprint density at radius 1 is 1.38 bits per heavy atom. The van der Waals surface area contributed by atoms with Crippen LogP contribution in [0.3, 0.4) is 0 Å². The summed E-state index contributed by atoms with van der Waals surface area (Å²) in [6.07, 6.45) is 1.98. The summed E-state index contributed by atoms with van der Waals surface area (Å²) in [5, 5.41) is 12.7. The lowest BCUT2D eigenvalue weighted by Gasteiger charge is -2.37. The van der Waals surface area contributed by atoms with Crippen molar-refractivity contribution in [2.75, 3.05) is 33.2 Å². The zero-order valence-corrected chi connectivity index (χ0v) is 11.3. The molecule has 0 aromatic carbocycles. The molecule has 0 aliphatic heterocycles. The molecular weight excluding hydrogens is 200 g/mol. The lowest BCUT2D eigenvalue weighted by molar-refractivity contribution is 0.0236. The summed E-state index contributed by atoms with van der Waals surface area (Å²) in [5.74, 6) is 0.718. The molecule has 3 nitrogen and oxygen atoms in total. The van der Waals surface area contributed by atoms with Gasteiger partial charge in [-0.3, -0.25) is 0 Å². The predicted octanol–water partition coefficient (Wildman–Crippen LogP) is 1.32. The number of hydrogen-bond acceptors (Lipinski definition) is 3. The number of hydrogen-bond donors (Lipinski definition) is 2. The summed E-state index contributed by atoms with van der Waals surface area (Å²) in [7, 11) is 2.19. The number of rotatable bonds is 7. The molecule has 96 valence electrons. The van der Waals surface area contributed by atoms with Gasteiger partial charge in [0.05, 0.1) is 6.10 Å². The standard InChI is InChI=1S/C13H28N2O/c1-5-14-9-13(2,3)10-15(4)8-11-6-12(16)7-11/h11-12,14,16H,5-10H2,1-4H3. The molecule has 1 aliphatic rings. The maximum atomic E-state index is 9.25. The van der Waals surface area contributed by atoms with Crippen LogP contribution in [0.4, 0.5) is 0 Å². The smallest absolute Gasteiger partial charge is 0.0546 e. The van der Waals surface area contributed by atoms with E-state index in [4.69, 9.17) is 0 Å². The maximum absolute atomic E-state index is 9.25. The Morgan fingerprint density at radius 2 is 2.00 bits per heavy atom. The summed E-state index contributed by atoms with van der Waals surface area (Å²) in [6, 6.07) is 0. The summed E-state index contributed by atoms with van der Waals surface area (Å²) < 4.78 is 0. The zero-order valence-electron chi connectivity index (χ0n) is 11.3. The van der Waals surface area contributed by atoms with Gasteiger partial charge in [0.25, 0.3) is 0 Å². The lowest BCUT2D eigenvalue weighted by atomic mass is 9.82. The van der Waals surface area contributed by atoms with Gasteiger partial charge in [-0.05, 0) is 37.8 Å². The monoisotopic (exact) mass is 228 g/mol. The van der Waals surface area contributed by atoms with Gasteiger partial charge in [0.15, 0.2) is 0 Å². The first-order valence-electron chi connectivity index (χ1n) is 6.50. The number of nitrogens with zero attached hydrogens (tertiary/aromatic N) is 1. The van der Waals surface area contributed by atoms with E-state index in [-0.39, 0.29) is 6.10 Å². The molecule has 1 saturated carbocycles. The van der Waals surface area contributed by atoms with Crippen LogP contribution >= 0.6 is 0 Å². The average Bonchev–Trinajstić information content (AvgIpc) is 2.11. The predicted molar refractivity (Wildman–Crippen MR) is 68.6 cm³/mol. The first-order chi connectivity index (χ1) is 7.43. The van der Waals surface area contributed by atoms with Gasteiger partial charge in [0.2, 0.25) is 0 Å². The van der Waals surface area contributed by atoms with Crippen molar-refractivity contribution in [1.29, 1.82) is 0 Å². The van der Waals surface area contributed by atoms with Gasteiger partial charge >= 0.3 is 0 Å². The molecule has 0 atom stereocenters. The fourth-order valence-electron chi connectivity index (χ4n) is 2.60. The second-order valence-corrected chi connectivity index (χ2v) is 6.13. The highest BCUT2D eigenvalue weighted by atomic mass is 16.3. The van der Waals surface area contributed by atoms with Crippen molar-refractivity contribution in [2.45, 2.75) is 39.7 Å². The Morgan fingerprint density at radius 3 is 2.50 bits per heavy atom. The van der Waals surface area contributed by atoms with Gasteiger partial charge in [-0.2, -0.15) is 0 Å². The Kier molecular flexibility index (Phi) is 5.22. The van der Waals surface area contributed by atoms with Crippen molar-refractivity contribution < 1.29 is 5.11 Å². The van der Waals surface area contributed by atoms with E-state index in [0.29, 0.717) is 5.41 Å². The second kappa shape index (κ2) is 5.99. The van der Waals surface area contributed by atoms with E-state index in [0.717, 1.165) is 44.9 Å². The molecule has 1 aliphatic carbocycles. The molecule has 0 bridgehead atoms. The molecule has 2 N–H and O–H groups in total. The summed E-state index contributed by atoms with van der Waals surface area (Å²) >= 11 is 0. The highest BCUT2D eigenvalue weighted by molar-refractivity contribution is 4.82. The van der Waals surface area contributed by atoms with Gasteiger partial charge in [-0.1, -0.05) is 20.8 Å². The summed E-state index contributed by atoms with van der Waals surface area (Å²) in [6.45, 7) is 11.1. The van der Waals surface area contributed by atoms with E-state index >= 15 is 0 Å². The van der Waals surface area contributed by atoms with Crippen molar-refractivity contribution in [3.05, 3.63) is 0 Å². The second-order valence-electron chi connectivity index (χ2n) is 6.13. The molecule has 0 unspecified atom stereocenters. The zero-order chi connectivity index (χ0) is 12.2. The van der Waals surface area contributed by atoms with Crippen molar-refractivity contribution in [1.82, 2.24) is 10.2 Å². The van der Waals surface area contributed by atoms with Crippen molar-refractivity contribution in [3.8, 4) is 0 Å². The van der Waals surface area contributed by atoms with Crippen LogP contribution in [-0.4, -0.2) is 49.3 Å². The van der Waals surface area contributed by atoms with Gasteiger partial charge < -0.3 is 15.3 Å². The topological polar surface area (TPSA) is 35.5 Å². The molecule has 16 heavy (non-hydrogen) atoms. The van der Waals surface area contributed by atoms with E-state index in [2.05, 4.69) is 38.0 Å². The summed E-state index contributed by atoms with van der Waals surface area (Å²) in [5.41, 5.74) is 0.327. The quantitative estimate of drug-likeness (QED) is 0.690. The van der Waals surface area contributed by atoms with Crippen molar-refractivity contribution >= 4 is 0 Å². The molecule has 0 spiro atoms. The molecule has 0 amide bonds. The van der Waals surface area contributed by atoms with Crippen LogP contribution in [0, 0.1) is 11.3 Å². The third-order valence-electron chi connectivity index (χ3n) is 3.33. The van der Waals surface area contributed by atoms with Crippen LogP contribution in [0.5, 0.6) is 0 Å². The van der Waals surface area contributed by atoms with E-state index in [9.17, 15) is 5.11 Å². The number of aliphatic hydroxyl groups excluding tert-OH is 1. The molecule has 0 aromatic rings. The van der Waals surface area contributed by atoms with Gasteiger partial charge in [0.1, 0.15) is 0 Å². The average molecular weight is 228 g/mol. The molecule has 0 heterocycles. The van der Waals surface area contributed by atoms with Gasteiger partial charge in [-0.15, -0.1) is 0 Å². The van der Waals surface area contributed by atoms with Crippen molar-refractivity contribution in [3.63, 3.8) is 0 Å². The van der Waals surface area contributed by atoms with Crippen LogP contribution in [0.15, 0.2) is 0 Å². The molecule has 0 aromatic heterocycles. The van der Waals surface area contributed by atoms with Crippen molar-refractivity contribution in [2.24, 2.45) is 11.3 Å². The Bertz CT molecular complexity index is 200. The Balaban J connectivity index is 2.19. The molecule has 0 saturated heterocycles. The van der Waals surface area contributed by atoms with Gasteiger partial charge in [0, 0.05) is 19.6 Å². The van der Waals surface area contributed by atoms with Crippen LogP contribution in [0.1, 0.15) is 33.6 Å². The minimum atomic E-state index is -0.0202. The van der Waals surface area contributed by atoms with Gasteiger partial charge in [-0.25, -0.2) is 0 Å². The highest BCUT2D eigenvalue weighted by Crippen LogP contribution is 2.28. The third kappa shape index (κ3) is 4.81. The molecule has 1 rings (SSSR count). The fourth-order valence-corrected chi connectivity index (χ4v) is 2.60. The molecule has 0 radical (unpaired) electrons. The number of nitrogens with one attached hydrogen (secondary N) is 1. The van der Waals surface area contributed by atoms with E-state index in [1.165, 1.54) is 0 Å². The van der Waals surface area contributed by atoms with E-state index < -0.39 is 0 Å².